The lowest BCUT2D eigenvalue weighted by Gasteiger charge is -2.29. The molecule has 0 radical (unpaired) electrons. The van der Waals surface area contributed by atoms with E-state index in [1.54, 1.807) is 30.3 Å². The first kappa shape index (κ1) is 23.2. The molecule has 0 bridgehead atoms. The van der Waals surface area contributed by atoms with Gasteiger partial charge in [-0.05, 0) is 122 Å². The predicted molar refractivity (Wildman–Crippen MR) is 142 cm³/mol. The van der Waals surface area contributed by atoms with E-state index in [1.807, 2.05) is 51.1 Å². The molecule has 0 spiro atoms. The van der Waals surface area contributed by atoms with Crippen molar-refractivity contribution in [3.63, 3.8) is 0 Å². The van der Waals surface area contributed by atoms with Crippen molar-refractivity contribution in [3.8, 4) is 11.4 Å². The van der Waals surface area contributed by atoms with E-state index in [0.29, 0.717) is 18.0 Å². The van der Waals surface area contributed by atoms with Crippen molar-refractivity contribution in [1.82, 2.24) is 9.88 Å². The standard InChI is InChI=1S/C25H22IN3O3S/c1-4-32-21-11-9-20(10-12-21)29-24(31)22(23(30)27-25(29)33)14-17-13-15(2)28(16(17)3)19-7-5-18(26)6-8-19/h5-14H,4H2,1-3H3,(H,27,30,33)/b22-14+. The molecule has 1 aromatic heterocycles. The van der Waals surface area contributed by atoms with Gasteiger partial charge in [-0.25, -0.2) is 0 Å². The molecule has 1 N–H and O–H groups in total. The summed E-state index contributed by atoms with van der Waals surface area (Å²) in [6.07, 6.45) is 1.63. The van der Waals surface area contributed by atoms with Crippen LogP contribution in [0.1, 0.15) is 23.9 Å². The van der Waals surface area contributed by atoms with Gasteiger partial charge in [0.1, 0.15) is 11.3 Å². The zero-order valence-corrected chi connectivity index (χ0v) is 21.4. The Hall–Kier alpha value is -2.98. The summed E-state index contributed by atoms with van der Waals surface area (Å²) < 4.78 is 8.72. The highest BCUT2D eigenvalue weighted by Crippen LogP contribution is 2.27. The van der Waals surface area contributed by atoms with Crippen LogP contribution in [0.3, 0.4) is 0 Å². The first-order valence-corrected chi connectivity index (χ1v) is 11.9. The Bertz CT molecular complexity index is 1280. The van der Waals surface area contributed by atoms with Crippen LogP contribution in [0.25, 0.3) is 11.8 Å². The maximum absolute atomic E-state index is 13.3. The fourth-order valence-electron chi connectivity index (χ4n) is 3.83. The molecular formula is C25H22IN3O3S. The Morgan fingerprint density at radius 2 is 1.67 bits per heavy atom. The number of aromatic nitrogens is 1. The second kappa shape index (κ2) is 9.48. The van der Waals surface area contributed by atoms with Gasteiger partial charge in [-0.1, -0.05) is 0 Å². The average molecular weight is 571 g/mol. The van der Waals surface area contributed by atoms with Gasteiger partial charge in [-0.15, -0.1) is 0 Å². The zero-order valence-electron chi connectivity index (χ0n) is 18.4. The van der Waals surface area contributed by atoms with Crippen LogP contribution in [0.4, 0.5) is 5.69 Å². The van der Waals surface area contributed by atoms with Crippen molar-refractivity contribution in [2.24, 2.45) is 0 Å². The first-order valence-electron chi connectivity index (χ1n) is 10.4. The van der Waals surface area contributed by atoms with Gasteiger partial charge in [-0.2, -0.15) is 0 Å². The normalized spacial score (nSPS) is 15.2. The van der Waals surface area contributed by atoms with Crippen LogP contribution < -0.4 is 15.0 Å². The van der Waals surface area contributed by atoms with E-state index in [0.717, 1.165) is 26.2 Å². The molecule has 4 rings (SSSR count). The quantitative estimate of drug-likeness (QED) is 0.204. The lowest BCUT2D eigenvalue weighted by atomic mass is 10.1. The van der Waals surface area contributed by atoms with E-state index in [2.05, 4.69) is 32.5 Å². The monoisotopic (exact) mass is 571 g/mol. The summed E-state index contributed by atoms with van der Waals surface area (Å²) in [5.41, 5.74) is 4.34. The number of benzene rings is 2. The number of halogens is 1. The molecule has 2 amide bonds. The number of hydrogen-bond donors (Lipinski definition) is 1. The summed E-state index contributed by atoms with van der Waals surface area (Å²) in [4.78, 5) is 27.4. The SMILES string of the molecule is CCOc1ccc(N2C(=O)/C(=C/c3cc(C)n(-c4ccc(I)cc4)c3C)C(=O)NC2=S)cc1. The molecule has 3 aromatic rings. The predicted octanol–water partition coefficient (Wildman–Crippen LogP) is 4.93. The molecule has 1 aliphatic heterocycles. The third-order valence-corrected chi connectivity index (χ3v) is 6.37. The van der Waals surface area contributed by atoms with Gasteiger partial charge in [-0.3, -0.25) is 19.8 Å². The molecule has 1 fully saturated rings. The van der Waals surface area contributed by atoms with Crippen molar-refractivity contribution in [3.05, 3.63) is 80.7 Å². The number of nitrogens with zero attached hydrogens (tertiary/aromatic N) is 2. The number of aryl methyl sites for hydroxylation is 1. The Morgan fingerprint density at radius 3 is 2.30 bits per heavy atom. The van der Waals surface area contributed by atoms with Gasteiger partial charge in [0.15, 0.2) is 5.11 Å². The van der Waals surface area contributed by atoms with Crippen molar-refractivity contribution in [2.75, 3.05) is 11.5 Å². The number of anilines is 1. The summed E-state index contributed by atoms with van der Waals surface area (Å²) in [5, 5.41) is 2.69. The Kier molecular flexibility index (Phi) is 6.66. The average Bonchev–Trinajstić information content (AvgIpc) is 3.06. The minimum atomic E-state index is -0.508. The molecule has 2 heterocycles. The number of carbonyl (C=O) groups excluding carboxylic acids is 2. The van der Waals surface area contributed by atoms with Crippen LogP contribution in [-0.4, -0.2) is 28.1 Å². The van der Waals surface area contributed by atoms with Crippen LogP contribution in [0.15, 0.2) is 60.2 Å². The van der Waals surface area contributed by atoms with E-state index in [-0.39, 0.29) is 10.7 Å². The molecule has 0 atom stereocenters. The van der Waals surface area contributed by atoms with Crippen LogP contribution in [-0.2, 0) is 9.59 Å². The molecule has 1 aliphatic rings. The highest BCUT2D eigenvalue weighted by molar-refractivity contribution is 14.1. The number of nitrogens with one attached hydrogen (secondary N) is 1. The molecule has 2 aromatic carbocycles. The minimum Gasteiger partial charge on any atom is -0.494 e. The van der Waals surface area contributed by atoms with E-state index < -0.39 is 11.8 Å². The highest BCUT2D eigenvalue weighted by Gasteiger charge is 2.34. The van der Waals surface area contributed by atoms with Gasteiger partial charge in [0.2, 0.25) is 0 Å². The third kappa shape index (κ3) is 4.58. The molecule has 33 heavy (non-hydrogen) atoms. The number of rotatable bonds is 5. The first-order chi connectivity index (χ1) is 15.8. The maximum Gasteiger partial charge on any atom is 0.270 e. The summed E-state index contributed by atoms with van der Waals surface area (Å²) >= 11 is 7.57. The van der Waals surface area contributed by atoms with Gasteiger partial charge in [0, 0.05) is 20.6 Å². The van der Waals surface area contributed by atoms with Crippen LogP contribution in [0, 0.1) is 17.4 Å². The molecule has 6 nitrogen and oxygen atoms in total. The largest absolute Gasteiger partial charge is 0.494 e. The maximum atomic E-state index is 13.3. The topological polar surface area (TPSA) is 63.6 Å². The molecule has 8 heteroatoms. The highest BCUT2D eigenvalue weighted by atomic mass is 127. The summed E-state index contributed by atoms with van der Waals surface area (Å²) in [5.74, 6) is -0.280. The third-order valence-electron chi connectivity index (χ3n) is 5.36. The summed E-state index contributed by atoms with van der Waals surface area (Å²) in [6.45, 7) is 6.41. The molecule has 1 saturated heterocycles. The van der Waals surface area contributed by atoms with Crippen molar-refractivity contribution in [2.45, 2.75) is 20.8 Å². The Morgan fingerprint density at radius 1 is 1.03 bits per heavy atom. The number of thiocarbonyl (C=S) groups is 1. The molecule has 0 unspecified atom stereocenters. The van der Waals surface area contributed by atoms with Crippen molar-refractivity contribution in [1.29, 1.82) is 0 Å². The molecular weight excluding hydrogens is 549 g/mol. The number of amides is 2. The van der Waals surface area contributed by atoms with Crippen LogP contribution >= 0.6 is 34.8 Å². The lowest BCUT2D eigenvalue weighted by molar-refractivity contribution is -0.122. The second-order valence-corrected chi connectivity index (χ2v) is 9.16. The minimum absolute atomic E-state index is 0.0281. The lowest BCUT2D eigenvalue weighted by Crippen LogP contribution is -2.54. The van der Waals surface area contributed by atoms with Gasteiger partial charge in [0.25, 0.3) is 11.8 Å². The van der Waals surface area contributed by atoms with E-state index >= 15 is 0 Å². The molecule has 168 valence electrons. The Labute approximate surface area is 211 Å². The van der Waals surface area contributed by atoms with E-state index in [4.69, 9.17) is 17.0 Å². The Balaban J connectivity index is 1.71. The van der Waals surface area contributed by atoms with Crippen LogP contribution in [0.5, 0.6) is 5.75 Å². The van der Waals surface area contributed by atoms with Crippen molar-refractivity contribution >= 4 is 63.5 Å². The fourth-order valence-corrected chi connectivity index (χ4v) is 4.47. The van der Waals surface area contributed by atoms with E-state index in [1.165, 1.54) is 4.90 Å². The smallest absolute Gasteiger partial charge is 0.270 e. The molecule has 0 aliphatic carbocycles. The number of carbonyl (C=O) groups is 2. The fraction of sp³-hybridized carbons (Fsp3) is 0.160. The second-order valence-electron chi connectivity index (χ2n) is 7.52. The number of ether oxygens (including phenoxy) is 1. The molecule has 0 saturated carbocycles. The van der Waals surface area contributed by atoms with Gasteiger partial charge < -0.3 is 9.30 Å². The zero-order chi connectivity index (χ0) is 23.7. The van der Waals surface area contributed by atoms with E-state index in [9.17, 15) is 9.59 Å². The van der Waals surface area contributed by atoms with Gasteiger partial charge >= 0.3 is 0 Å². The van der Waals surface area contributed by atoms with Crippen LogP contribution in [0.2, 0.25) is 0 Å². The summed E-state index contributed by atoms with van der Waals surface area (Å²) in [7, 11) is 0. The number of hydrogen-bond acceptors (Lipinski definition) is 4. The van der Waals surface area contributed by atoms with Gasteiger partial charge in [0.05, 0.1) is 12.3 Å². The summed E-state index contributed by atoms with van der Waals surface area (Å²) in [6, 6.07) is 17.2. The van der Waals surface area contributed by atoms with Crippen molar-refractivity contribution < 1.29 is 14.3 Å².